The van der Waals surface area contributed by atoms with Crippen LogP contribution in [0.3, 0.4) is 0 Å². The van der Waals surface area contributed by atoms with Crippen molar-refractivity contribution in [2.45, 2.75) is 6.54 Å². The van der Waals surface area contributed by atoms with E-state index in [1.165, 1.54) is 15.6 Å². The number of nitrogens with zero attached hydrogens (tertiary/aromatic N) is 1. The minimum absolute atomic E-state index is 0.460. The summed E-state index contributed by atoms with van der Waals surface area (Å²) in [5.74, 6) is 0.460. The highest BCUT2D eigenvalue weighted by atomic mass is 32.1. The largest absolute Gasteiger partial charge is 0.383 e. The van der Waals surface area contributed by atoms with Gasteiger partial charge in [-0.05, 0) is 22.4 Å². The van der Waals surface area contributed by atoms with Crippen LogP contribution in [0.5, 0.6) is 0 Å². The second-order valence-corrected chi connectivity index (χ2v) is 4.79. The maximum absolute atomic E-state index is 5.76. The lowest BCUT2D eigenvalue weighted by Gasteiger charge is -2.04. The van der Waals surface area contributed by atoms with Crippen LogP contribution in [0, 0.1) is 0 Å². The molecule has 2 rings (SSSR count). The number of thiophene rings is 1. The minimum Gasteiger partial charge on any atom is -0.383 e. The van der Waals surface area contributed by atoms with Crippen LogP contribution in [-0.2, 0) is 11.3 Å². The molecule has 0 saturated heterocycles. The first-order valence-corrected chi connectivity index (χ1v) is 6.67. The Morgan fingerprint density at radius 3 is 3.11 bits per heavy atom. The van der Waals surface area contributed by atoms with Gasteiger partial charge in [-0.15, -0.1) is 11.3 Å². The van der Waals surface area contributed by atoms with Crippen molar-refractivity contribution in [1.29, 1.82) is 0 Å². The molecule has 0 amide bonds. The number of methoxy groups -OCH3 is 1. The standard InChI is InChI=1S/C13H17N3OS/c1-17-7-6-15-13(14)16-8-10-9-18-12-5-3-2-4-11(10)12/h2-5,9H,6-8H2,1H3,(H3,14,15,16). The third kappa shape index (κ3) is 3.21. The van der Waals surface area contributed by atoms with Crippen molar-refractivity contribution < 1.29 is 4.74 Å². The number of aliphatic imine (C=N–C) groups is 1. The van der Waals surface area contributed by atoms with Gasteiger partial charge in [0, 0.05) is 18.4 Å². The van der Waals surface area contributed by atoms with Crippen LogP contribution in [0.4, 0.5) is 0 Å². The van der Waals surface area contributed by atoms with Gasteiger partial charge < -0.3 is 15.8 Å². The highest BCUT2D eigenvalue weighted by Crippen LogP contribution is 2.25. The van der Waals surface area contributed by atoms with E-state index in [1.807, 2.05) is 12.1 Å². The van der Waals surface area contributed by atoms with E-state index in [9.17, 15) is 0 Å². The zero-order chi connectivity index (χ0) is 12.8. The van der Waals surface area contributed by atoms with E-state index in [2.05, 4.69) is 27.8 Å². The molecule has 0 fully saturated rings. The van der Waals surface area contributed by atoms with Gasteiger partial charge in [0.1, 0.15) is 0 Å². The van der Waals surface area contributed by atoms with Crippen LogP contribution in [0.2, 0.25) is 0 Å². The molecule has 0 radical (unpaired) electrons. The molecule has 0 bridgehead atoms. The van der Waals surface area contributed by atoms with Crippen LogP contribution in [0.1, 0.15) is 5.56 Å². The first-order valence-electron chi connectivity index (χ1n) is 5.79. The van der Waals surface area contributed by atoms with Crippen molar-refractivity contribution in [3.05, 3.63) is 35.2 Å². The second kappa shape index (κ2) is 6.37. The third-order valence-corrected chi connectivity index (χ3v) is 3.61. The van der Waals surface area contributed by atoms with Gasteiger partial charge in [0.2, 0.25) is 0 Å². The normalized spacial score (nSPS) is 11.9. The predicted octanol–water partition coefficient (Wildman–Crippen LogP) is 1.95. The van der Waals surface area contributed by atoms with Crippen molar-refractivity contribution in [1.82, 2.24) is 5.32 Å². The average molecular weight is 263 g/mol. The van der Waals surface area contributed by atoms with Crippen molar-refractivity contribution in [2.24, 2.45) is 10.7 Å². The Morgan fingerprint density at radius 2 is 2.28 bits per heavy atom. The van der Waals surface area contributed by atoms with Crippen LogP contribution in [0.15, 0.2) is 34.6 Å². The van der Waals surface area contributed by atoms with E-state index < -0.39 is 0 Å². The highest BCUT2D eigenvalue weighted by molar-refractivity contribution is 7.17. The lowest BCUT2D eigenvalue weighted by Crippen LogP contribution is -2.34. The van der Waals surface area contributed by atoms with E-state index in [0.717, 1.165) is 0 Å². The number of nitrogens with one attached hydrogen (secondary N) is 1. The monoisotopic (exact) mass is 263 g/mol. The fourth-order valence-electron chi connectivity index (χ4n) is 1.66. The van der Waals surface area contributed by atoms with Crippen molar-refractivity contribution in [2.75, 3.05) is 20.3 Å². The summed E-state index contributed by atoms with van der Waals surface area (Å²) >= 11 is 1.74. The Morgan fingerprint density at radius 1 is 1.44 bits per heavy atom. The molecule has 1 aromatic heterocycles. The van der Waals surface area contributed by atoms with Gasteiger partial charge >= 0.3 is 0 Å². The molecule has 0 aliphatic rings. The van der Waals surface area contributed by atoms with Crippen LogP contribution < -0.4 is 11.1 Å². The van der Waals surface area contributed by atoms with E-state index in [0.29, 0.717) is 25.7 Å². The minimum atomic E-state index is 0.460. The van der Waals surface area contributed by atoms with E-state index in [-0.39, 0.29) is 0 Å². The lowest BCUT2D eigenvalue weighted by atomic mass is 10.2. The number of benzene rings is 1. The fraction of sp³-hybridized carbons (Fsp3) is 0.308. The van der Waals surface area contributed by atoms with Gasteiger partial charge in [0.15, 0.2) is 5.96 Å². The van der Waals surface area contributed by atoms with E-state index in [4.69, 9.17) is 10.5 Å². The molecule has 0 aliphatic heterocycles. The van der Waals surface area contributed by atoms with Crippen LogP contribution >= 0.6 is 11.3 Å². The van der Waals surface area contributed by atoms with Gasteiger partial charge in [-0.2, -0.15) is 0 Å². The first-order chi connectivity index (χ1) is 8.81. The number of ether oxygens (including phenoxy) is 1. The molecular weight excluding hydrogens is 246 g/mol. The van der Waals surface area contributed by atoms with Crippen LogP contribution in [-0.4, -0.2) is 26.2 Å². The summed E-state index contributed by atoms with van der Waals surface area (Å²) < 4.78 is 6.21. The molecule has 0 saturated carbocycles. The van der Waals surface area contributed by atoms with E-state index >= 15 is 0 Å². The average Bonchev–Trinajstić information content (AvgIpc) is 2.80. The predicted molar refractivity (Wildman–Crippen MR) is 77.0 cm³/mol. The number of rotatable bonds is 5. The summed E-state index contributed by atoms with van der Waals surface area (Å²) in [5, 5.41) is 6.40. The molecular formula is C13H17N3OS. The Balaban J connectivity index is 1.99. The fourth-order valence-corrected chi connectivity index (χ4v) is 2.62. The summed E-state index contributed by atoms with van der Waals surface area (Å²) in [5.41, 5.74) is 6.98. The smallest absolute Gasteiger partial charge is 0.188 e. The third-order valence-electron chi connectivity index (χ3n) is 2.59. The summed E-state index contributed by atoms with van der Waals surface area (Å²) in [7, 11) is 1.66. The summed E-state index contributed by atoms with van der Waals surface area (Å²) in [6.45, 7) is 1.91. The maximum atomic E-state index is 5.76. The zero-order valence-electron chi connectivity index (χ0n) is 10.3. The van der Waals surface area contributed by atoms with E-state index in [1.54, 1.807) is 18.4 Å². The summed E-state index contributed by atoms with van der Waals surface area (Å²) in [4.78, 5) is 4.32. The molecule has 96 valence electrons. The van der Waals surface area contributed by atoms with Crippen molar-refractivity contribution in [3.8, 4) is 0 Å². The molecule has 1 heterocycles. The van der Waals surface area contributed by atoms with Crippen LogP contribution in [0.25, 0.3) is 10.1 Å². The highest BCUT2D eigenvalue weighted by Gasteiger charge is 2.02. The Kier molecular flexibility index (Phi) is 4.55. The molecule has 0 atom stereocenters. The molecule has 1 aromatic carbocycles. The molecule has 0 unspecified atom stereocenters. The Hall–Kier alpha value is -1.59. The molecule has 0 aliphatic carbocycles. The Labute approximate surface area is 110 Å². The van der Waals surface area contributed by atoms with Gasteiger partial charge in [-0.3, -0.25) is 0 Å². The molecule has 4 nitrogen and oxygen atoms in total. The first kappa shape index (κ1) is 12.9. The lowest BCUT2D eigenvalue weighted by molar-refractivity contribution is 0.204. The van der Waals surface area contributed by atoms with Gasteiger partial charge in [0.25, 0.3) is 0 Å². The van der Waals surface area contributed by atoms with Gasteiger partial charge in [-0.1, -0.05) is 18.2 Å². The summed E-state index contributed by atoms with van der Waals surface area (Å²) in [6, 6.07) is 8.33. The summed E-state index contributed by atoms with van der Waals surface area (Å²) in [6.07, 6.45) is 0. The number of guanidine groups is 1. The molecule has 3 N–H and O–H groups in total. The number of nitrogens with two attached hydrogens (primary N) is 1. The Bertz CT molecular complexity index is 536. The molecule has 2 aromatic rings. The number of hydrogen-bond acceptors (Lipinski definition) is 3. The van der Waals surface area contributed by atoms with Crippen molar-refractivity contribution in [3.63, 3.8) is 0 Å². The maximum Gasteiger partial charge on any atom is 0.188 e. The van der Waals surface area contributed by atoms with Crippen molar-refractivity contribution >= 4 is 27.4 Å². The number of hydrogen-bond donors (Lipinski definition) is 2. The molecule has 18 heavy (non-hydrogen) atoms. The molecule has 0 spiro atoms. The quantitative estimate of drug-likeness (QED) is 0.492. The second-order valence-electron chi connectivity index (χ2n) is 3.88. The topological polar surface area (TPSA) is 59.6 Å². The zero-order valence-corrected chi connectivity index (χ0v) is 11.2. The van der Waals surface area contributed by atoms with Gasteiger partial charge in [0.05, 0.1) is 13.2 Å². The number of fused-ring (bicyclic) bond motifs is 1. The molecule has 5 heteroatoms. The van der Waals surface area contributed by atoms with Gasteiger partial charge in [-0.25, -0.2) is 4.99 Å². The SMILES string of the molecule is COCCNC(N)=NCc1csc2ccccc12.